The van der Waals surface area contributed by atoms with Crippen molar-refractivity contribution in [3.05, 3.63) is 70.2 Å². The van der Waals surface area contributed by atoms with Gasteiger partial charge in [-0.05, 0) is 30.3 Å². The second-order valence-electron chi connectivity index (χ2n) is 7.18. The number of benzene rings is 2. The van der Waals surface area contributed by atoms with Gasteiger partial charge in [0.1, 0.15) is 29.3 Å². The molecule has 3 rings (SSSR count). The molecule has 2 unspecified atom stereocenters. The fourth-order valence-corrected chi connectivity index (χ4v) is 3.34. The van der Waals surface area contributed by atoms with E-state index in [4.69, 9.17) is 14.2 Å². The number of hydrazine groups is 1. The normalized spacial score (nSPS) is 18.4. The van der Waals surface area contributed by atoms with Gasteiger partial charge in [0.05, 0.1) is 7.11 Å². The third-order valence-electron chi connectivity index (χ3n) is 4.46. The van der Waals surface area contributed by atoms with Crippen LogP contribution in [0.5, 0.6) is 5.75 Å². The number of anilines is 1. The fraction of sp³-hybridized carbons (Fsp3) is 0.273. The Bertz CT molecular complexity index is 994. The Morgan fingerprint density at radius 3 is 2.61 bits per heavy atom. The second-order valence-corrected chi connectivity index (χ2v) is 8.10. The van der Waals surface area contributed by atoms with Gasteiger partial charge in [-0.3, -0.25) is 4.79 Å². The maximum atomic E-state index is 14.4. The number of hydrogen-bond acceptors (Lipinski definition) is 7. The summed E-state index contributed by atoms with van der Waals surface area (Å²) in [5.41, 5.74) is 5.96. The number of ketones is 1. The lowest BCUT2D eigenvalue weighted by molar-refractivity contribution is -0.219. The zero-order chi connectivity index (χ0) is 22.6. The molecule has 0 spiro atoms. The van der Waals surface area contributed by atoms with Crippen LogP contribution in [0.25, 0.3) is 0 Å². The van der Waals surface area contributed by atoms with Crippen molar-refractivity contribution in [1.82, 2.24) is 5.43 Å². The molecule has 2 aromatic rings. The van der Waals surface area contributed by atoms with Crippen LogP contribution in [0.3, 0.4) is 0 Å². The molecule has 1 heterocycles. The number of hydrogen-bond donors (Lipinski definition) is 2. The minimum Gasteiger partial charge on any atom is -0.494 e. The molecule has 1 aliphatic rings. The molecule has 0 saturated carbocycles. The molecule has 7 nitrogen and oxygen atoms in total. The van der Waals surface area contributed by atoms with Crippen LogP contribution in [0.4, 0.5) is 10.1 Å². The smallest absolute Gasteiger partial charge is 0.205 e. The lowest BCUT2D eigenvalue weighted by Gasteiger charge is -2.36. The summed E-state index contributed by atoms with van der Waals surface area (Å²) in [5.74, 6) is -1.66. The van der Waals surface area contributed by atoms with Crippen molar-refractivity contribution < 1.29 is 28.2 Å². The van der Waals surface area contributed by atoms with E-state index in [-0.39, 0.29) is 23.0 Å². The van der Waals surface area contributed by atoms with E-state index in [1.807, 2.05) is 0 Å². The molecule has 0 aromatic heterocycles. The first-order valence-corrected chi connectivity index (χ1v) is 10.2. The number of methoxy groups -OCH3 is 1. The molecule has 0 aliphatic carbocycles. The Labute approximate surface area is 187 Å². The molecule has 2 N–H and O–H groups in total. The number of carbonyl (C=O) groups excluding carboxylic acids is 2. The summed E-state index contributed by atoms with van der Waals surface area (Å²) in [6.07, 6.45) is 1.12. The number of Topliss-reactive ketones (excluding diaryl/α,β-unsaturated/α-hetero) is 1. The number of para-hydroxylation sites is 1. The molecule has 0 fully saturated rings. The van der Waals surface area contributed by atoms with Crippen molar-refractivity contribution in [3.8, 4) is 5.75 Å². The first-order chi connectivity index (χ1) is 14.7. The lowest BCUT2D eigenvalue weighted by atomic mass is 10.0. The molecular weight excluding hydrogens is 471 g/mol. The van der Waals surface area contributed by atoms with E-state index in [2.05, 4.69) is 26.8 Å². The van der Waals surface area contributed by atoms with Crippen LogP contribution >= 0.6 is 15.9 Å². The predicted molar refractivity (Wildman–Crippen MR) is 116 cm³/mol. The highest BCUT2D eigenvalue weighted by Crippen LogP contribution is 2.29. The molecule has 164 valence electrons. The van der Waals surface area contributed by atoms with E-state index in [0.29, 0.717) is 11.8 Å². The summed E-state index contributed by atoms with van der Waals surface area (Å²) in [5, 5.41) is 0. The Morgan fingerprint density at radius 1 is 1.26 bits per heavy atom. The van der Waals surface area contributed by atoms with Gasteiger partial charge in [0.15, 0.2) is 17.9 Å². The highest BCUT2D eigenvalue weighted by molar-refractivity contribution is 9.10. The second kappa shape index (κ2) is 9.59. The molecule has 0 radical (unpaired) electrons. The molecule has 2 aromatic carbocycles. The van der Waals surface area contributed by atoms with Gasteiger partial charge in [0.2, 0.25) is 5.79 Å². The first kappa shape index (κ1) is 22.9. The minimum atomic E-state index is -1.15. The van der Waals surface area contributed by atoms with Crippen molar-refractivity contribution in [2.24, 2.45) is 0 Å². The largest absolute Gasteiger partial charge is 0.494 e. The highest BCUT2D eigenvalue weighted by Gasteiger charge is 2.36. The zero-order valence-electron chi connectivity index (χ0n) is 17.1. The van der Waals surface area contributed by atoms with E-state index in [1.165, 1.54) is 25.3 Å². The predicted octanol–water partition coefficient (Wildman–Crippen LogP) is 4.00. The molecule has 31 heavy (non-hydrogen) atoms. The van der Waals surface area contributed by atoms with E-state index in [9.17, 15) is 14.0 Å². The van der Waals surface area contributed by atoms with Crippen LogP contribution < -0.4 is 15.6 Å². The first-order valence-electron chi connectivity index (χ1n) is 9.41. The van der Waals surface area contributed by atoms with Gasteiger partial charge >= 0.3 is 0 Å². The van der Waals surface area contributed by atoms with Crippen LogP contribution in [0.15, 0.2) is 58.8 Å². The Morgan fingerprint density at radius 2 is 1.97 bits per heavy atom. The van der Waals surface area contributed by atoms with Crippen molar-refractivity contribution in [3.63, 3.8) is 0 Å². The summed E-state index contributed by atoms with van der Waals surface area (Å²) in [7, 11) is 1.41. The van der Waals surface area contributed by atoms with Crippen molar-refractivity contribution in [2.45, 2.75) is 31.8 Å². The summed E-state index contributed by atoms with van der Waals surface area (Å²) in [4.78, 5) is 24.7. The van der Waals surface area contributed by atoms with Gasteiger partial charge in [-0.2, -0.15) is 0 Å². The maximum absolute atomic E-state index is 14.4. The molecular formula is C22H22BrFN2O5. The zero-order valence-corrected chi connectivity index (χ0v) is 18.7. The van der Waals surface area contributed by atoms with Crippen LogP contribution in [0.2, 0.25) is 0 Å². The molecule has 2 atom stereocenters. The summed E-state index contributed by atoms with van der Waals surface area (Å²) < 4.78 is 31.7. The van der Waals surface area contributed by atoms with Crippen molar-refractivity contribution >= 4 is 33.7 Å². The van der Waals surface area contributed by atoms with Gasteiger partial charge in [0.25, 0.3) is 0 Å². The summed E-state index contributed by atoms with van der Waals surface area (Å²) >= 11 is 3.34. The number of rotatable bonds is 8. The lowest BCUT2D eigenvalue weighted by Crippen LogP contribution is -2.48. The number of aldehydes is 1. The molecule has 0 saturated heterocycles. The third kappa shape index (κ3) is 5.49. The average Bonchev–Trinajstić information content (AvgIpc) is 2.74. The molecule has 0 amide bonds. The van der Waals surface area contributed by atoms with E-state index >= 15 is 0 Å². The topological polar surface area (TPSA) is 85.9 Å². The molecule has 0 bridgehead atoms. The van der Waals surface area contributed by atoms with E-state index in [1.54, 1.807) is 44.2 Å². The Hall–Kier alpha value is -2.75. The molecule has 9 heteroatoms. The Kier molecular flexibility index (Phi) is 7.09. The monoisotopic (exact) mass is 492 g/mol. The van der Waals surface area contributed by atoms with E-state index in [0.717, 1.165) is 4.47 Å². The van der Waals surface area contributed by atoms with Gasteiger partial charge in [0, 0.05) is 23.9 Å². The summed E-state index contributed by atoms with van der Waals surface area (Å²) in [6, 6.07) is 10.0. The molecule has 1 aliphatic heterocycles. The van der Waals surface area contributed by atoms with Crippen molar-refractivity contribution in [2.75, 3.05) is 12.5 Å². The Balaban J connectivity index is 1.96. The highest BCUT2D eigenvalue weighted by atomic mass is 79.9. The van der Waals surface area contributed by atoms with Gasteiger partial charge < -0.3 is 24.4 Å². The van der Waals surface area contributed by atoms with Crippen LogP contribution in [0, 0.1) is 5.82 Å². The van der Waals surface area contributed by atoms with Gasteiger partial charge in [-0.15, -0.1) is 0 Å². The fourth-order valence-electron chi connectivity index (χ4n) is 3.07. The minimum absolute atomic E-state index is 0.0254. The van der Waals surface area contributed by atoms with Crippen LogP contribution in [0.1, 0.15) is 24.2 Å². The number of halogens is 2. The number of carbonyl (C=O) groups is 2. The van der Waals surface area contributed by atoms with Crippen molar-refractivity contribution in [1.29, 1.82) is 0 Å². The quantitative estimate of drug-likeness (QED) is 0.327. The van der Waals surface area contributed by atoms with E-state index < -0.39 is 23.8 Å². The summed E-state index contributed by atoms with van der Waals surface area (Å²) in [6.45, 7) is 3.26. The average molecular weight is 493 g/mol. The van der Waals surface area contributed by atoms with Crippen LogP contribution in [-0.2, 0) is 14.3 Å². The SMILES string of the molecule is COc1cccc(F)c1NNC(C(=O)c1ccc(Br)cc1)C1=CC(C=O)OC(C)(C)O1. The van der Waals surface area contributed by atoms with Gasteiger partial charge in [-0.25, -0.2) is 9.82 Å². The standard InChI is InChI=1S/C22H22BrFN2O5/c1-22(2)30-15(12-27)11-18(31-22)20(21(28)13-7-9-14(23)10-8-13)26-25-19-16(24)5-4-6-17(19)29-3/h4-12,15,20,25-26H,1-3H3. The number of ether oxygens (including phenoxy) is 3. The third-order valence-corrected chi connectivity index (χ3v) is 4.99. The van der Waals surface area contributed by atoms with Gasteiger partial charge in [-0.1, -0.05) is 34.1 Å². The van der Waals surface area contributed by atoms with Crippen LogP contribution in [-0.4, -0.2) is 37.1 Å². The maximum Gasteiger partial charge on any atom is 0.205 e. The number of nitrogens with one attached hydrogen (secondary N) is 2.